The summed E-state index contributed by atoms with van der Waals surface area (Å²) in [6.07, 6.45) is 8.22. The maximum atomic E-state index is 13.7. The molecule has 0 bridgehead atoms. The standard InChI is InChI=1S/C37H54N6O5S2/c1-2-43(35(46)20-13-23-38)32(24-29-16-9-6-10-17-29)37(48)41-31(36(39)47)26-49-50-27-42(34(45)22-21-28-14-7-5-8-15-28)25-33(44)40-30-18-11-3-4-12-19-30/h5-10,14-17,30-32H,2-4,11-13,18-27,38H2,1H3,(H2,39,47)(H,40,44)(H,41,48)/t31?,32-/m1/s1. The van der Waals surface area contributed by atoms with Crippen molar-refractivity contribution < 1.29 is 24.0 Å². The van der Waals surface area contributed by atoms with E-state index in [9.17, 15) is 24.0 Å². The predicted molar refractivity (Wildman–Crippen MR) is 202 cm³/mol. The molecule has 1 aliphatic rings. The van der Waals surface area contributed by atoms with Crippen molar-refractivity contribution in [2.75, 3.05) is 31.3 Å². The Balaban J connectivity index is 1.63. The Labute approximate surface area is 304 Å². The molecule has 11 nitrogen and oxygen atoms in total. The molecule has 1 aliphatic carbocycles. The molecule has 0 saturated heterocycles. The van der Waals surface area contributed by atoms with E-state index in [1.165, 1.54) is 39.3 Å². The molecular formula is C37H54N6O5S2. The van der Waals surface area contributed by atoms with E-state index in [-0.39, 0.29) is 61.2 Å². The fourth-order valence-corrected chi connectivity index (χ4v) is 8.18. The first-order valence-electron chi connectivity index (χ1n) is 17.7. The second-order valence-corrected chi connectivity index (χ2v) is 15.1. The number of benzene rings is 2. The lowest BCUT2D eigenvalue weighted by atomic mass is 10.0. The third-order valence-corrected chi connectivity index (χ3v) is 11.0. The minimum atomic E-state index is -1.02. The summed E-state index contributed by atoms with van der Waals surface area (Å²) in [4.78, 5) is 68.8. The van der Waals surface area contributed by atoms with Gasteiger partial charge >= 0.3 is 0 Å². The lowest BCUT2D eigenvalue weighted by Gasteiger charge is -2.31. The van der Waals surface area contributed by atoms with Gasteiger partial charge in [-0.1, -0.05) is 108 Å². The summed E-state index contributed by atoms with van der Waals surface area (Å²) in [5.74, 6) is -1.33. The van der Waals surface area contributed by atoms with Crippen LogP contribution in [0.1, 0.15) is 75.8 Å². The number of likely N-dealkylation sites (N-methyl/N-ethyl adjacent to an activating group) is 1. The number of hydrogen-bond acceptors (Lipinski definition) is 8. The number of carbonyl (C=O) groups excluding carboxylic acids is 5. The minimum Gasteiger partial charge on any atom is -0.368 e. The van der Waals surface area contributed by atoms with E-state index in [4.69, 9.17) is 11.5 Å². The van der Waals surface area contributed by atoms with Crippen LogP contribution in [0.3, 0.4) is 0 Å². The summed E-state index contributed by atoms with van der Waals surface area (Å²) in [6.45, 7) is 2.43. The van der Waals surface area contributed by atoms with Crippen molar-refractivity contribution in [1.82, 2.24) is 20.4 Å². The highest BCUT2D eigenvalue weighted by Crippen LogP contribution is 2.24. The topological polar surface area (TPSA) is 168 Å². The van der Waals surface area contributed by atoms with Gasteiger partial charge in [0.1, 0.15) is 18.6 Å². The van der Waals surface area contributed by atoms with Gasteiger partial charge in [-0.25, -0.2) is 0 Å². The predicted octanol–water partition coefficient (Wildman–Crippen LogP) is 3.79. The van der Waals surface area contributed by atoms with Gasteiger partial charge in [0.05, 0.1) is 5.88 Å². The molecule has 0 radical (unpaired) electrons. The van der Waals surface area contributed by atoms with Crippen LogP contribution in [-0.2, 0) is 36.8 Å². The third kappa shape index (κ3) is 14.7. The summed E-state index contributed by atoms with van der Waals surface area (Å²) >= 11 is 0. The highest BCUT2D eigenvalue weighted by atomic mass is 33.1. The molecule has 50 heavy (non-hydrogen) atoms. The number of nitrogens with zero attached hydrogens (tertiary/aromatic N) is 2. The van der Waals surface area contributed by atoms with Crippen molar-refractivity contribution in [2.45, 2.75) is 95.7 Å². The zero-order chi connectivity index (χ0) is 36.1. The van der Waals surface area contributed by atoms with Gasteiger partial charge in [-0.3, -0.25) is 24.0 Å². The smallest absolute Gasteiger partial charge is 0.243 e. The summed E-state index contributed by atoms with van der Waals surface area (Å²) < 4.78 is 0. The molecule has 0 aliphatic heterocycles. The van der Waals surface area contributed by atoms with Crippen LogP contribution < -0.4 is 22.1 Å². The normalized spacial score (nSPS) is 14.5. The minimum absolute atomic E-state index is 0.0557. The number of primary amides is 1. The van der Waals surface area contributed by atoms with Gasteiger partial charge in [-0.05, 0) is 50.3 Å². The number of amides is 5. The molecule has 1 saturated carbocycles. The summed E-state index contributed by atoms with van der Waals surface area (Å²) in [5.41, 5.74) is 13.3. The van der Waals surface area contributed by atoms with Crippen LogP contribution in [0, 0.1) is 0 Å². The van der Waals surface area contributed by atoms with Crippen molar-refractivity contribution in [2.24, 2.45) is 11.5 Å². The first-order valence-corrected chi connectivity index (χ1v) is 20.2. The Kier molecular flexibility index (Phi) is 18.8. The van der Waals surface area contributed by atoms with E-state index in [1.807, 2.05) is 67.6 Å². The highest BCUT2D eigenvalue weighted by Gasteiger charge is 2.31. The van der Waals surface area contributed by atoms with Gasteiger partial charge < -0.3 is 31.9 Å². The maximum absolute atomic E-state index is 13.7. The van der Waals surface area contributed by atoms with Gasteiger partial charge in [0.25, 0.3) is 0 Å². The Morgan fingerprint density at radius 2 is 1.50 bits per heavy atom. The number of carbonyl (C=O) groups is 5. The fourth-order valence-electron chi connectivity index (χ4n) is 5.96. The molecule has 2 atom stereocenters. The van der Waals surface area contributed by atoms with E-state index < -0.39 is 23.9 Å². The Bertz CT molecular complexity index is 1340. The zero-order valence-electron chi connectivity index (χ0n) is 29.2. The summed E-state index contributed by atoms with van der Waals surface area (Å²) in [6, 6.07) is 17.4. The van der Waals surface area contributed by atoms with Crippen LogP contribution >= 0.6 is 21.6 Å². The number of nitrogens with two attached hydrogens (primary N) is 2. The van der Waals surface area contributed by atoms with Gasteiger partial charge in [0.15, 0.2) is 0 Å². The van der Waals surface area contributed by atoms with E-state index in [0.717, 1.165) is 36.8 Å². The molecule has 6 N–H and O–H groups in total. The monoisotopic (exact) mass is 726 g/mol. The van der Waals surface area contributed by atoms with Gasteiger partial charge in [-0.2, -0.15) is 0 Å². The molecule has 13 heteroatoms. The number of hydrogen-bond donors (Lipinski definition) is 4. The summed E-state index contributed by atoms with van der Waals surface area (Å²) in [5, 5.41) is 5.92. The molecule has 0 aromatic heterocycles. The Morgan fingerprint density at radius 3 is 2.10 bits per heavy atom. The van der Waals surface area contributed by atoms with Crippen LogP contribution in [0.4, 0.5) is 0 Å². The number of nitrogens with one attached hydrogen (secondary N) is 2. The second-order valence-electron chi connectivity index (χ2n) is 12.6. The lowest BCUT2D eigenvalue weighted by Crippen LogP contribution is -2.55. The first kappa shape index (κ1) is 40.9. The molecule has 3 rings (SSSR count). The second kappa shape index (κ2) is 23.0. The van der Waals surface area contributed by atoms with E-state index in [2.05, 4.69) is 10.6 Å². The quantitative estimate of drug-likeness (QED) is 0.0653. The zero-order valence-corrected chi connectivity index (χ0v) is 30.9. The van der Waals surface area contributed by atoms with Gasteiger partial charge in [-0.15, -0.1) is 0 Å². The summed E-state index contributed by atoms with van der Waals surface area (Å²) in [7, 11) is 2.60. The first-order chi connectivity index (χ1) is 24.2. The SMILES string of the molecule is CCN(C(=O)CCCN)[C@H](Cc1ccccc1)C(=O)NC(CSSCN(CC(=O)NC1CCCCCC1)C(=O)CCc1ccccc1)C(N)=O. The van der Waals surface area contributed by atoms with Gasteiger partial charge in [0.2, 0.25) is 29.5 Å². The molecule has 0 spiro atoms. The van der Waals surface area contributed by atoms with Crippen LogP contribution in [-0.4, -0.2) is 88.7 Å². The van der Waals surface area contributed by atoms with E-state index in [1.54, 1.807) is 4.90 Å². The highest BCUT2D eigenvalue weighted by molar-refractivity contribution is 8.76. The van der Waals surface area contributed by atoms with E-state index in [0.29, 0.717) is 25.9 Å². The van der Waals surface area contributed by atoms with Crippen LogP contribution in [0.5, 0.6) is 0 Å². The molecule has 2 aromatic carbocycles. The number of rotatable bonds is 21. The van der Waals surface area contributed by atoms with Crippen LogP contribution in [0.25, 0.3) is 0 Å². The molecule has 5 amide bonds. The fraction of sp³-hybridized carbons (Fsp3) is 0.541. The largest absolute Gasteiger partial charge is 0.368 e. The van der Waals surface area contributed by atoms with Crippen molar-refractivity contribution in [1.29, 1.82) is 0 Å². The van der Waals surface area contributed by atoms with Crippen LogP contribution in [0.15, 0.2) is 60.7 Å². The van der Waals surface area contributed by atoms with Crippen molar-refractivity contribution in [3.05, 3.63) is 71.8 Å². The van der Waals surface area contributed by atoms with Crippen molar-refractivity contribution in [3.8, 4) is 0 Å². The molecule has 1 fully saturated rings. The average molecular weight is 727 g/mol. The Hall–Kier alpha value is -3.55. The average Bonchev–Trinajstić information content (AvgIpc) is 3.39. The number of aryl methyl sites for hydroxylation is 1. The van der Waals surface area contributed by atoms with Gasteiger partial charge in [0, 0.05) is 37.6 Å². The molecule has 274 valence electrons. The molecule has 2 aromatic rings. The van der Waals surface area contributed by atoms with Crippen LogP contribution in [0.2, 0.25) is 0 Å². The Morgan fingerprint density at radius 1 is 0.860 bits per heavy atom. The lowest BCUT2D eigenvalue weighted by molar-refractivity contribution is -0.141. The molecular weight excluding hydrogens is 673 g/mol. The van der Waals surface area contributed by atoms with Crippen molar-refractivity contribution >= 4 is 51.1 Å². The maximum Gasteiger partial charge on any atom is 0.243 e. The van der Waals surface area contributed by atoms with E-state index >= 15 is 0 Å². The third-order valence-electron chi connectivity index (χ3n) is 8.77. The molecule has 1 unspecified atom stereocenters. The molecule has 0 heterocycles. The van der Waals surface area contributed by atoms with Crippen molar-refractivity contribution in [3.63, 3.8) is 0 Å².